The molecule has 2 aromatic rings. The number of esters is 2. The van der Waals surface area contributed by atoms with Crippen LogP contribution in [0.5, 0.6) is 5.75 Å². The van der Waals surface area contributed by atoms with Gasteiger partial charge in [-0.15, -0.1) is 0 Å². The van der Waals surface area contributed by atoms with Crippen molar-refractivity contribution in [1.82, 2.24) is 14.6 Å². The lowest BCUT2D eigenvalue weighted by Crippen LogP contribution is -2.36. The lowest BCUT2D eigenvalue weighted by atomic mass is 9.99. The highest BCUT2D eigenvalue weighted by Crippen LogP contribution is 2.56. The first-order valence-electron chi connectivity index (χ1n) is 15.2. The number of ether oxygens (including phenoxy) is 2. The number of nitrogens with two attached hydrogens (primary N) is 1. The molecule has 0 bridgehead atoms. The van der Waals surface area contributed by atoms with Crippen molar-refractivity contribution in [3.8, 4) is 5.75 Å². The summed E-state index contributed by atoms with van der Waals surface area (Å²) in [4.78, 5) is 41.2. The van der Waals surface area contributed by atoms with Gasteiger partial charge < -0.3 is 19.7 Å². The van der Waals surface area contributed by atoms with Gasteiger partial charge in [-0.1, -0.05) is 51.8 Å². The molecule has 3 atom stereocenters. The highest BCUT2D eigenvalue weighted by atomic mass is 31.2. The second-order valence-corrected chi connectivity index (χ2v) is 12.9. The zero-order chi connectivity index (χ0) is 32.2. The van der Waals surface area contributed by atoms with E-state index in [1.807, 2.05) is 6.92 Å². The zero-order valence-corrected chi connectivity index (χ0v) is 26.9. The van der Waals surface area contributed by atoms with Crippen LogP contribution in [0.25, 0.3) is 6.20 Å². The molecule has 0 amide bonds. The van der Waals surface area contributed by atoms with E-state index in [4.69, 9.17) is 24.3 Å². The maximum absolute atomic E-state index is 14.1. The number of nitrogen functional groups attached to an aromatic ring is 1. The van der Waals surface area contributed by atoms with Crippen molar-refractivity contribution < 1.29 is 32.7 Å². The monoisotopic (exact) mass is 632 g/mol. The van der Waals surface area contributed by atoms with Crippen molar-refractivity contribution in [3.63, 3.8) is 0 Å². The summed E-state index contributed by atoms with van der Waals surface area (Å²) in [5, 5.41) is 2.73. The van der Waals surface area contributed by atoms with Gasteiger partial charge in [0.05, 0.1) is 18.6 Å². The van der Waals surface area contributed by atoms with E-state index in [9.17, 15) is 18.9 Å². The first kappa shape index (κ1) is 35.0. The molecule has 242 valence electrons. The van der Waals surface area contributed by atoms with E-state index in [0.717, 1.165) is 25.7 Å². The van der Waals surface area contributed by atoms with Crippen molar-refractivity contribution in [2.45, 2.75) is 78.7 Å². The Balaban J connectivity index is 1.80. The molecule has 1 saturated carbocycles. The Labute approximate surface area is 258 Å². The Hall–Kier alpha value is -3.47. The maximum atomic E-state index is 14.1. The van der Waals surface area contributed by atoms with Crippen LogP contribution in [0.2, 0.25) is 0 Å². The number of carbonyl (C=O) groups excluding carboxylic acids is 2. The molecule has 3 N–H and O–H groups in total. The molecule has 1 fully saturated rings. The molecule has 13 heteroatoms. The molecule has 44 heavy (non-hydrogen) atoms. The lowest BCUT2D eigenvalue weighted by Gasteiger charge is -2.25. The van der Waals surface area contributed by atoms with Gasteiger partial charge in [-0.3, -0.25) is 18.7 Å². The van der Waals surface area contributed by atoms with E-state index >= 15 is 0 Å². The molecule has 1 aliphatic rings. The average Bonchev–Trinajstić information content (AvgIpc) is 3.68. The van der Waals surface area contributed by atoms with Crippen molar-refractivity contribution >= 4 is 31.7 Å². The van der Waals surface area contributed by atoms with Gasteiger partial charge >= 0.3 is 25.4 Å². The van der Waals surface area contributed by atoms with Gasteiger partial charge in [-0.2, -0.15) is 10.1 Å². The number of nitrogens with zero attached hydrogens (tertiary/aromatic N) is 2. The summed E-state index contributed by atoms with van der Waals surface area (Å²) in [6.07, 6.45) is 8.17. The molecule has 3 rings (SSSR count). The van der Waals surface area contributed by atoms with Crippen LogP contribution < -0.4 is 21.0 Å². The molecule has 1 unspecified atom stereocenters. The zero-order valence-electron chi connectivity index (χ0n) is 26.0. The number of benzene rings is 1. The SMILES string of the molecule is CCCC(=O)OCC1(CO[P@@](=O)(N[C@@H](C)C(=O)OCC(CCC)CCC)Oc2ccccc2)C/C1=C/n1ccc(N)nc1=O. The molecule has 0 aliphatic heterocycles. The summed E-state index contributed by atoms with van der Waals surface area (Å²) in [5.74, 6) is -0.346. The van der Waals surface area contributed by atoms with E-state index in [1.54, 1.807) is 36.5 Å². The summed E-state index contributed by atoms with van der Waals surface area (Å²) in [5.41, 5.74) is 4.87. The van der Waals surface area contributed by atoms with Gasteiger partial charge in [-0.05, 0) is 62.3 Å². The summed E-state index contributed by atoms with van der Waals surface area (Å²) in [6, 6.07) is 8.92. The number of para-hydroxylation sites is 1. The van der Waals surface area contributed by atoms with Gasteiger partial charge in [0.1, 0.15) is 24.2 Å². The predicted octanol–water partition coefficient (Wildman–Crippen LogP) is 5.34. The minimum atomic E-state index is -4.18. The third-order valence-corrected chi connectivity index (χ3v) is 8.86. The molecule has 12 nitrogen and oxygen atoms in total. The van der Waals surface area contributed by atoms with Crippen LogP contribution in [0.1, 0.15) is 72.6 Å². The van der Waals surface area contributed by atoms with E-state index in [2.05, 4.69) is 23.9 Å². The smallest absolute Gasteiger partial charge is 0.459 e. The minimum absolute atomic E-state index is 0.0615. The molecular formula is C31H45N4O8P. The summed E-state index contributed by atoms with van der Waals surface area (Å²) in [7, 11) is -4.18. The largest absolute Gasteiger partial charge is 0.465 e. The highest BCUT2D eigenvalue weighted by molar-refractivity contribution is 7.52. The van der Waals surface area contributed by atoms with Crippen molar-refractivity contribution in [2.24, 2.45) is 11.3 Å². The lowest BCUT2D eigenvalue weighted by molar-refractivity contribution is -0.147. The van der Waals surface area contributed by atoms with Gasteiger partial charge in [0.2, 0.25) is 0 Å². The second kappa shape index (κ2) is 16.6. The fraction of sp³-hybridized carbons (Fsp3) is 0.548. The molecule has 1 heterocycles. The number of rotatable bonds is 19. The van der Waals surface area contributed by atoms with Crippen molar-refractivity contribution in [3.05, 3.63) is 58.7 Å². The minimum Gasteiger partial charge on any atom is -0.465 e. The van der Waals surface area contributed by atoms with E-state index in [-0.39, 0.29) is 49.7 Å². The maximum Gasteiger partial charge on any atom is 0.459 e. The molecule has 1 aliphatic carbocycles. The number of nitrogens with one attached hydrogen (secondary N) is 1. The number of anilines is 1. The van der Waals surface area contributed by atoms with E-state index in [0.29, 0.717) is 18.4 Å². The highest BCUT2D eigenvalue weighted by Gasteiger charge is 2.52. The number of hydrogen-bond donors (Lipinski definition) is 2. The molecule has 0 spiro atoms. The van der Waals surface area contributed by atoms with Gasteiger partial charge in [0.25, 0.3) is 0 Å². The van der Waals surface area contributed by atoms with E-state index < -0.39 is 30.9 Å². The predicted molar refractivity (Wildman–Crippen MR) is 168 cm³/mol. The van der Waals surface area contributed by atoms with Crippen LogP contribution in [0.4, 0.5) is 5.82 Å². The summed E-state index contributed by atoms with van der Waals surface area (Å²) < 4.78 is 38.3. The quantitative estimate of drug-likeness (QED) is 0.152. The second-order valence-electron chi connectivity index (χ2n) is 11.2. The summed E-state index contributed by atoms with van der Waals surface area (Å²) in [6.45, 7) is 7.60. The van der Waals surface area contributed by atoms with Crippen LogP contribution in [0.3, 0.4) is 0 Å². The van der Waals surface area contributed by atoms with Crippen LogP contribution in [0.15, 0.2) is 53.0 Å². The third-order valence-electron chi connectivity index (χ3n) is 7.24. The fourth-order valence-corrected chi connectivity index (χ4v) is 6.26. The molecule has 0 saturated heterocycles. The Morgan fingerprint density at radius 2 is 1.80 bits per heavy atom. The fourth-order valence-electron chi connectivity index (χ4n) is 4.68. The van der Waals surface area contributed by atoms with Gasteiger partial charge in [0.15, 0.2) is 0 Å². The number of aromatic nitrogens is 2. The first-order chi connectivity index (χ1) is 21.0. The number of carbonyl (C=O) groups is 2. The Morgan fingerprint density at radius 3 is 2.43 bits per heavy atom. The molecule has 0 radical (unpaired) electrons. The van der Waals surface area contributed by atoms with Crippen LogP contribution >= 0.6 is 7.75 Å². The van der Waals surface area contributed by atoms with Gasteiger partial charge in [0, 0.05) is 18.8 Å². The third kappa shape index (κ3) is 10.6. The summed E-state index contributed by atoms with van der Waals surface area (Å²) >= 11 is 0. The number of hydrogen-bond acceptors (Lipinski definition) is 10. The van der Waals surface area contributed by atoms with Crippen molar-refractivity contribution in [2.75, 3.05) is 25.6 Å². The van der Waals surface area contributed by atoms with Crippen LogP contribution in [0, 0.1) is 11.3 Å². The molecule has 1 aromatic carbocycles. The standard InChI is InChI=1S/C31H45N4O8P/c1-5-11-24(12-6-2)20-40-29(37)23(4)34-44(39,43-26-14-9-8-10-15-26)42-22-31(21-41-28(36)13-7-3)18-25(31)19-35-17-16-27(32)33-30(35)38/h8-10,14-17,19,23-24H,5-7,11-13,18,20-22H2,1-4H3,(H,34,39)(H2,32,33,38)/b25-19-/t23-,31?,44-/m0/s1. The van der Waals surface area contributed by atoms with E-state index in [1.165, 1.54) is 23.8 Å². The molecule has 1 aromatic heterocycles. The first-order valence-corrected chi connectivity index (χ1v) is 16.7. The topological polar surface area (TPSA) is 161 Å². The molecular weight excluding hydrogens is 587 g/mol. The Bertz CT molecular complexity index is 1380. The Kier molecular flexibility index (Phi) is 13.2. The van der Waals surface area contributed by atoms with Crippen molar-refractivity contribution in [1.29, 1.82) is 0 Å². The van der Waals surface area contributed by atoms with Crippen LogP contribution in [-0.2, 0) is 28.2 Å². The average molecular weight is 633 g/mol. The normalized spacial score (nSPS) is 18.9. The van der Waals surface area contributed by atoms with Crippen LogP contribution in [-0.4, -0.2) is 47.4 Å². The Morgan fingerprint density at radius 1 is 1.09 bits per heavy atom. The van der Waals surface area contributed by atoms with Gasteiger partial charge in [-0.25, -0.2) is 9.36 Å².